The minimum Gasteiger partial charge on any atom is -0.370 e. The fourth-order valence-corrected chi connectivity index (χ4v) is 5.56. The second kappa shape index (κ2) is 9.75. The molecular weight excluding hydrogens is 444 g/mol. The van der Waals surface area contributed by atoms with Crippen LogP contribution in [0.1, 0.15) is 29.6 Å². The maximum absolute atomic E-state index is 13.0. The highest BCUT2D eigenvalue weighted by atomic mass is 32.2. The van der Waals surface area contributed by atoms with Gasteiger partial charge >= 0.3 is 6.03 Å². The number of anilines is 2. The van der Waals surface area contributed by atoms with Crippen LogP contribution in [0.15, 0.2) is 47.6 Å². The maximum Gasteiger partial charge on any atom is 0.321 e. The monoisotopic (exact) mass is 472 g/mol. The van der Waals surface area contributed by atoms with Gasteiger partial charge in [0.2, 0.25) is 15.9 Å². The van der Waals surface area contributed by atoms with E-state index in [2.05, 4.69) is 15.2 Å². The van der Waals surface area contributed by atoms with E-state index in [1.54, 1.807) is 23.1 Å². The summed E-state index contributed by atoms with van der Waals surface area (Å²) >= 11 is 0. The average Bonchev–Trinajstić information content (AvgIpc) is 2.85. The fourth-order valence-electron chi connectivity index (χ4n) is 4.17. The zero-order chi connectivity index (χ0) is 23.4. The summed E-state index contributed by atoms with van der Waals surface area (Å²) in [5.41, 5.74) is 7.15. The van der Waals surface area contributed by atoms with Crippen LogP contribution in [0.25, 0.3) is 0 Å². The van der Waals surface area contributed by atoms with Crippen LogP contribution in [-0.2, 0) is 10.0 Å². The molecule has 2 aliphatic heterocycles. The number of benzene rings is 1. The van der Waals surface area contributed by atoms with Gasteiger partial charge in [0.1, 0.15) is 4.90 Å². The summed E-state index contributed by atoms with van der Waals surface area (Å²) < 4.78 is 26.9. The zero-order valence-corrected chi connectivity index (χ0v) is 19.1. The molecule has 2 aromatic rings. The van der Waals surface area contributed by atoms with Gasteiger partial charge in [-0.2, -0.15) is 4.31 Å². The molecule has 11 heteroatoms. The van der Waals surface area contributed by atoms with E-state index >= 15 is 0 Å². The van der Waals surface area contributed by atoms with E-state index in [9.17, 15) is 18.0 Å². The van der Waals surface area contributed by atoms with Crippen molar-refractivity contribution in [3.63, 3.8) is 0 Å². The lowest BCUT2D eigenvalue weighted by atomic mass is 10.1. The number of rotatable bonds is 5. The third-order valence-corrected chi connectivity index (χ3v) is 7.90. The Bertz CT molecular complexity index is 1110. The molecule has 0 saturated carbocycles. The lowest BCUT2D eigenvalue weighted by Crippen LogP contribution is -2.51. The average molecular weight is 473 g/mol. The summed E-state index contributed by atoms with van der Waals surface area (Å²) in [7, 11) is -3.65. The number of sulfonamides is 1. The molecule has 0 unspecified atom stereocenters. The quantitative estimate of drug-likeness (QED) is 0.682. The molecule has 176 valence electrons. The first-order valence-electron chi connectivity index (χ1n) is 11.0. The molecule has 1 aromatic carbocycles. The summed E-state index contributed by atoms with van der Waals surface area (Å²) in [5, 5.41) is 2.92. The van der Waals surface area contributed by atoms with Crippen molar-refractivity contribution in [2.24, 2.45) is 5.73 Å². The molecule has 0 aliphatic carbocycles. The topological polar surface area (TPSA) is 129 Å². The number of carbonyl (C=O) groups is 2. The molecule has 33 heavy (non-hydrogen) atoms. The summed E-state index contributed by atoms with van der Waals surface area (Å²) in [6.07, 6.45) is 6.15. The van der Waals surface area contributed by atoms with Crippen LogP contribution in [0.3, 0.4) is 0 Å². The third kappa shape index (κ3) is 5.09. The Morgan fingerprint density at radius 2 is 1.70 bits per heavy atom. The molecule has 4 rings (SSSR count). The van der Waals surface area contributed by atoms with Gasteiger partial charge in [0.25, 0.3) is 0 Å². The highest BCUT2D eigenvalue weighted by molar-refractivity contribution is 7.89. The second-order valence-electron chi connectivity index (χ2n) is 8.15. The van der Waals surface area contributed by atoms with E-state index in [-0.39, 0.29) is 37.1 Å². The van der Waals surface area contributed by atoms with E-state index in [0.717, 1.165) is 31.6 Å². The maximum atomic E-state index is 13.0. The van der Waals surface area contributed by atoms with Crippen LogP contribution < -0.4 is 16.0 Å². The van der Waals surface area contributed by atoms with E-state index in [1.807, 2.05) is 6.07 Å². The van der Waals surface area contributed by atoms with Gasteiger partial charge in [-0.25, -0.2) is 13.2 Å². The summed E-state index contributed by atoms with van der Waals surface area (Å²) in [5.74, 6) is -0.565. The first kappa shape index (κ1) is 23.0. The lowest BCUT2D eigenvalue weighted by Gasteiger charge is -2.35. The molecule has 0 spiro atoms. The fraction of sp³-hybridized carbons (Fsp3) is 0.409. The Balaban J connectivity index is 1.45. The van der Waals surface area contributed by atoms with Gasteiger partial charge in [0.15, 0.2) is 0 Å². The zero-order valence-electron chi connectivity index (χ0n) is 18.3. The van der Waals surface area contributed by atoms with Crippen molar-refractivity contribution in [2.45, 2.75) is 24.2 Å². The molecule has 2 saturated heterocycles. The van der Waals surface area contributed by atoms with Crippen molar-refractivity contribution >= 4 is 33.3 Å². The molecule has 1 aromatic heterocycles. The van der Waals surface area contributed by atoms with Crippen LogP contribution in [-0.4, -0.2) is 73.8 Å². The first-order valence-corrected chi connectivity index (χ1v) is 12.5. The number of piperidine rings is 1. The standard InChI is InChI=1S/C22H28N6O4S/c23-21(29)17-6-7-20(26-9-2-1-3-10-26)19(15-17)25-22(30)27-11-13-28(14-12-27)33(31,32)18-5-4-8-24-16-18/h4-8,15-16H,1-3,9-14H2,(H2,23,29)(H,25,30). The molecule has 2 aliphatic rings. The van der Waals surface area contributed by atoms with E-state index in [0.29, 0.717) is 11.3 Å². The number of piperazine rings is 1. The van der Waals surface area contributed by atoms with E-state index in [4.69, 9.17) is 5.73 Å². The number of hydrogen-bond acceptors (Lipinski definition) is 6. The number of primary amides is 1. The predicted molar refractivity (Wildman–Crippen MR) is 125 cm³/mol. The van der Waals surface area contributed by atoms with Crippen LogP contribution in [0.4, 0.5) is 16.2 Å². The summed E-state index contributed by atoms with van der Waals surface area (Å²) in [6.45, 7) is 2.63. The van der Waals surface area contributed by atoms with Crippen molar-refractivity contribution in [3.8, 4) is 0 Å². The SMILES string of the molecule is NC(=O)c1ccc(N2CCCCC2)c(NC(=O)N2CCN(S(=O)(=O)c3cccnc3)CC2)c1. The molecule has 0 radical (unpaired) electrons. The largest absolute Gasteiger partial charge is 0.370 e. The van der Waals surface area contributed by atoms with Gasteiger partial charge in [-0.05, 0) is 49.6 Å². The summed E-state index contributed by atoms with van der Waals surface area (Å²) in [6, 6.07) is 7.84. The predicted octanol–water partition coefficient (Wildman–Crippen LogP) is 1.71. The minimum absolute atomic E-state index is 0.136. The lowest BCUT2D eigenvalue weighted by molar-refractivity contribution is 0.1000. The van der Waals surface area contributed by atoms with Crippen LogP contribution >= 0.6 is 0 Å². The molecule has 3 N–H and O–H groups in total. The number of nitrogens with one attached hydrogen (secondary N) is 1. The van der Waals surface area contributed by atoms with E-state index < -0.39 is 15.9 Å². The number of aromatic nitrogens is 1. The third-order valence-electron chi connectivity index (χ3n) is 6.02. The molecule has 3 amide bonds. The number of urea groups is 1. The normalized spacial score (nSPS) is 17.6. The van der Waals surface area contributed by atoms with Crippen LogP contribution in [0, 0.1) is 0 Å². The molecule has 3 heterocycles. The highest BCUT2D eigenvalue weighted by Crippen LogP contribution is 2.30. The Labute approximate surface area is 193 Å². The number of carbonyl (C=O) groups excluding carboxylic acids is 2. The smallest absolute Gasteiger partial charge is 0.321 e. The Kier molecular flexibility index (Phi) is 6.80. The molecule has 0 bridgehead atoms. The van der Waals surface area contributed by atoms with E-state index in [1.165, 1.54) is 29.2 Å². The van der Waals surface area contributed by atoms with Gasteiger partial charge in [-0.1, -0.05) is 0 Å². The molecule has 10 nitrogen and oxygen atoms in total. The number of pyridine rings is 1. The summed E-state index contributed by atoms with van der Waals surface area (Å²) in [4.78, 5) is 32.5. The number of nitrogens with zero attached hydrogens (tertiary/aromatic N) is 4. The van der Waals surface area contributed by atoms with Crippen molar-refractivity contribution in [2.75, 3.05) is 49.5 Å². The van der Waals surface area contributed by atoms with Crippen molar-refractivity contribution in [1.29, 1.82) is 0 Å². The van der Waals surface area contributed by atoms with Gasteiger partial charge < -0.3 is 20.9 Å². The van der Waals surface area contributed by atoms with Crippen LogP contribution in [0.2, 0.25) is 0 Å². The van der Waals surface area contributed by atoms with Crippen molar-refractivity contribution in [1.82, 2.24) is 14.2 Å². The molecule has 2 fully saturated rings. The number of amides is 3. The Hall–Kier alpha value is -3.18. The van der Waals surface area contributed by atoms with Gasteiger partial charge in [0, 0.05) is 57.2 Å². The number of hydrogen-bond donors (Lipinski definition) is 2. The van der Waals surface area contributed by atoms with Crippen molar-refractivity contribution in [3.05, 3.63) is 48.3 Å². The van der Waals surface area contributed by atoms with Crippen molar-refractivity contribution < 1.29 is 18.0 Å². The first-order chi connectivity index (χ1) is 15.9. The minimum atomic E-state index is -3.65. The van der Waals surface area contributed by atoms with Gasteiger partial charge in [-0.3, -0.25) is 9.78 Å². The highest BCUT2D eigenvalue weighted by Gasteiger charge is 2.30. The van der Waals surface area contributed by atoms with Gasteiger partial charge in [0.05, 0.1) is 11.4 Å². The Morgan fingerprint density at radius 3 is 2.33 bits per heavy atom. The molecule has 0 atom stereocenters. The number of nitrogens with two attached hydrogens (primary N) is 1. The van der Waals surface area contributed by atoms with Gasteiger partial charge in [-0.15, -0.1) is 0 Å². The second-order valence-corrected chi connectivity index (χ2v) is 10.1. The van der Waals surface area contributed by atoms with Crippen LogP contribution in [0.5, 0.6) is 0 Å². The Morgan fingerprint density at radius 1 is 0.970 bits per heavy atom. The molecular formula is C22H28N6O4S.